The minimum absolute atomic E-state index is 0.107. The van der Waals surface area contributed by atoms with Gasteiger partial charge < -0.3 is 15.6 Å². The van der Waals surface area contributed by atoms with Crippen molar-refractivity contribution in [2.24, 2.45) is 11.7 Å². The molecule has 4 heteroatoms. The number of carbonyl (C=O) groups is 1. The minimum Gasteiger partial charge on any atom is -0.491 e. The third-order valence-corrected chi connectivity index (χ3v) is 2.39. The number of carboxylic acids is 1. The van der Waals surface area contributed by atoms with Crippen LogP contribution in [0.5, 0.6) is 5.75 Å². The fourth-order valence-corrected chi connectivity index (χ4v) is 1.57. The standard InChI is InChI=1S/C13H19NO3/c1-9(2)17-12-5-3-4-10(7-12)6-11(8-14)13(15)16/h3-5,7,9,11H,6,8,14H2,1-2H3,(H,15,16). The molecule has 0 radical (unpaired) electrons. The lowest BCUT2D eigenvalue weighted by Crippen LogP contribution is -2.25. The van der Waals surface area contributed by atoms with Crippen LogP contribution in [0, 0.1) is 5.92 Å². The first-order chi connectivity index (χ1) is 8.02. The number of ether oxygens (including phenoxy) is 1. The zero-order valence-electron chi connectivity index (χ0n) is 10.2. The van der Waals surface area contributed by atoms with Gasteiger partial charge in [0.15, 0.2) is 0 Å². The molecule has 0 saturated carbocycles. The highest BCUT2D eigenvalue weighted by Crippen LogP contribution is 2.17. The van der Waals surface area contributed by atoms with E-state index in [1.165, 1.54) is 0 Å². The molecule has 0 aromatic heterocycles. The molecule has 0 heterocycles. The second-order valence-electron chi connectivity index (χ2n) is 4.29. The summed E-state index contributed by atoms with van der Waals surface area (Å²) in [6.07, 6.45) is 0.538. The van der Waals surface area contributed by atoms with E-state index in [2.05, 4.69) is 0 Å². The normalized spacial score (nSPS) is 12.5. The van der Waals surface area contributed by atoms with E-state index >= 15 is 0 Å². The van der Waals surface area contributed by atoms with Crippen molar-refractivity contribution in [2.45, 2.75) is 26.4 Å². The van der Waals surface area contributed by atoms with Gasteiger partial charge in [0.25, 0.3) is 0 Å². The summed E-state index contributed by atoms with van der Waals surface area (Å²) in [6, 6.07) is 7.48. The molecule has 94 valence electrons. The van der Waals surface area contributed by atoms with Crippen LogP contribution in [-0.4, -0.2) is 23.7 Å². The molecule has 17 heavy (non-hydrogen) atoms. The van der Waals surface area contributed by atoms with E-state index in [4.69, 9.17) is 15.6 Å². The Hall–Kier alpha value is -1.55. The van der Waals surface area contributed by atoms with Crippen molar-refractivity contribution in [2.75, 3.05) is 6.54 Å². The molecule has 1 rings (SSSR count). The average Bonchev–Trinajstić information content (AvgIpc) is 2.25. The van der Waals surface area contributed by atoms with Crippen LogP contribution in [0.25, 0.3) is 0 Å². The highest BCUT2D eigenvalue weighted by molar-refractivity contribution is 5.70. The smallest absolute Gasteiger partial charge is 0.308 e. The van der Waals surface area contributed by atoms with Gasteiger partial charge in [-0.2, -0.15) is 0 Å². The predicted octanol–water partition coefficient (Wildman–Crippen LogP) is 1.68. The van der Waals surface area contributed by atoms with Gasteiger partial charge in [-0.05, 0) is 38.0 Å². The van der Waals surface area contributed by atoms with Gasteiger partial charge in [-0.25, -0.2) is 0 Å². The fraction of sp³-hybridized carbons (Fsp3) is 0.462. The number of rotatable bonds is 6. The first-order valence-electron chi connectivity index (χ1n) is 5.71. The van der Waals surface area contributed by atoms with E-state index in [0.29, 0.717) is 6.42 Å². The summed E-state index contributed by atoms with van der Waals surface area (Å²) in [5.41, 5.74) is 6.36. The number of carboxylic acid groups (broad SMARTS) is 1. The van der Waals surface area contributed by atoms with Gasteiger partial charge in [0.1, 0.15) is 5.75 Å². The van der Waals surface area contributed by atoms with Crippen LogP contribution in [0.1, 0.15) is 19.4 Å². The number of benzene rings is 1. The van der Waals surface area contributed by atoms with E-state index in [0.717, 1.165) is 11.3 Å². The van der Waals surface area contributed by atoms with Crippen molar-refractivity contribution in [3.8, 4) is 5.75 Å². The molecule has 1 aromatic rings. The quantitative estimate of drug-likeness (QED) is 0.789. The molecule has 1 aromatic carbocycles. The molecule has 1 unspecified atom stereocenters. The van der Waals surface area contributed by atoms with Crippen molar-refractivity contribution in [3.05, 3.63) is 29.8 Å². The predicted molar refractivity (Wildman–Crippen MR) is 66.1 cm³/mol. The zero-order valence-corrected chi connectivity index (χ0v) is 10.2. The minimum atomic E-state index is -0.859. The van der Waals surface area contributed by atoms with E-state index in [-0.39, 0.29) is 12.6 Å². The van der Waals surface area contributed by atoms with Crippen LogP contribution in [0.3, 0.4) is 0 Å². The molecule has 0 aliphatic rings. The lowest BCUT2D eigenvalue weighted by Gasteiger charge is -2.13. The SMILES string of the molecule is CC(C)Oc1cccc(CC(CN)C(=O)O)c1. The van der Waals surface area contributed by atoms with Crippen LogP contribution in [-0.2, 0) is 11.2 Å². The summed E-state index contributed by atoms with van der Waals surface area (Å²) >= 11 is 0. The Balaban J connectivity index is 2.74. The largest absolute Gasteiger partial charge is 0.491 e. The summed E-state index contributed by atoms with van der Waals surface area (Å²) < 4.78 is 5.55. The molecule has 3 N–H and O–H groups in total. The molecular weight excluding hydrogens is 218 g/mol. The third-order valence-electron chi connectivity index (χ3n) is 2.39. The van der Waals surface area contributed by atoms with E-state index in [1.807, 2.05) is 38.1 Å². The Kier molecular flexibility index (Phi) is 4.97. The monoisotopic (exact) mass is 237 g/mol. The summed E-state index contributed by atoms with van der Waals surface area (Å²) in [6.45, 7) is 4.05. The van der Waals surface area contributed by atoms with Gasteiger partial charge >= 0.3 is 5.97 Å². The fourth-order valence-electron chi connectivity index (χ4n) is 1.57. The van der Waals surface area contributed by atoms with E-state index in [1.54, 1.807) is 0 Å². The summed E-state index contributed by atoms with van der Waals surface area (Å²) in [5, 5.41) is 8.94. The summed E-state index contributed by atoms with van der Waals surface area (Å²) in [4.78, 5) is 10.9. The molecule has 0 spiro atoms. The van der Waals surface area contributed by atoms with Crippen LogP contribution < -0.4 is 10.5 Å². The Bertz CT molecular complexity index is 377. The third kappa shape index (κ3) is 4.44. The van der Waals surface area contributed by atoms with E-state index < -0.39 is 11.9 Å². The maximum atomic E-state index is 10.9. The second-order valence-corrected chi connectivity index (χ2v) is 4.29. The van der Waals surface area contributed by atoms with Gasteiger partial charge in [-0.1, -0.05) is 12.1 Å². The summed E-state index contributed by atoms with van der Waals surface area (Å²) in [5.74, 6) is -0.634. The maximum absolute atomic E-state index is 10.9. The van der Waals surface area contributed by atoms with Crippen molar-refractivity contribution in [3.63, 3.8) is 0 Å². The lowest BCUT2D eigenvalue weighted by molar-refractivity contribution is -0.141. The Morgan fingerprint density at radius 1 is 1.47 bits per heavy atom. The Morgan fingerprint density at radius 3 is 2.71 bits per heavy atom. The van der Waals surface area contributed by atoms with Crippen molar-refractivity contribution >= 4 is 5.97 Å². The van der Waals surface area contributed by atoms with Gasteiger partial charge in [0, 0.05) is 6.54 Å². The van der Waals surface area contributed by atoms with Gasteiger partial charge in [-0.3, -0.25) is 4.79 Å². The van der Waals surface area contributed by atoms with Gasteiger partial charge in [-0.15, -0.1) is 0 Å². The van der Waals surface area contributed by atoms with Crippen molar-refractivity contribution < 1.29 is 14.6 Å². The van der Waals surface area contributed by atoms with Crippen LogP contribution in [0.2, 0.25) is 0 Å². The molecule has 0 saturated heterocycles. The number of hydrogen-bond acceptors (Lipinski definition) is 3. The van der Waals surface area contributed by atoms with Crippen molar-refractivity contribution in [1.82, 2.24) is 0 Å². The molecule has 1 atom stereocenters. The molecule has 0 amide bonds. The number of nitrogens with two attached hydrogens (primary N) is 1. The van der Waals surface area contributed by atoms with E-state index in [9.17, 15) is 4.79 Å². The average molecular weight is 237 g/mol. The molecule has 0 bridgehead atoms. The highest BCUT2D eigenvalue weighted by Gasteiger charge is 2.16. The van der Waals surface area contributed by atoms with Crippen LogP contribution >= 0.6 is 0 Å². The van der Waals surface area contributed by atoms with Gasteiger partial charge in [0.2, 0.25) is 0 Å². The van der Waals surface area contributed by atoms with Crippen LogP contribution in [0.4, 0.5) is 0 Å². The topological polar surface area (TPSA) is 72.5 Å². The number of hydrogen-bond donors (Lipinski definition) is 2. The Morgan fingerprint density at radius 2 is 2.18 bits per heavy atom. The highest BCUT2D eigenvalue weighted by atomic mass is 16.5. The molecule has 4 nitrogen and oxygen atoms in total. The van der Waals surface area contributed by atoms with Crippen molar-refractivity contribution in [1.29, 1.82) is 0 Å². The molecule has 0 fully saturated rings. The molecule has 0 aliphatic heterocycles. The molecular formula is C13H19NO3. The lowest BCUT2D eigenvalue weighted by atomic mass is 9.99. The first-order valence-corrected chi connectivity index (χ1v) is 5.71. The number of aliphatic carboxylic acids is 1. The maximum Gasteiger partial charge on any atom is 0.308 e. The first kappa shape index (κ1) is 13.5. The Labute approximate surface area is 101 Å². The zero-order chi connectivity index (χ0) is 12.8. The molecule has 0 aliphatic carbocycles. The van der Waals surface area contributed by atoms with Crippen LogP contribution in [0.15, 0.2) is 24.3 Å². The summed E-state index contributed by atoms with van der Waals surface area (Å²) in [7, 11) is 0. The van der Waals surface area contributed by atoms with Gasteiger partial charge in [0.05, 0.1) is 12.0 Å². The second kappa shape index (κ2) is 6.25.